The zero-order valence-corrected chi connectivity index (χ0v) is 14.8. The fourth-order valence-corrected chi connectivity index (χ4v) is 2.66. The summed E-state index contributed by atoms with van der Waals surface area (Å²) in [6.45, 7) is 5.89. The Morgan fingerprint density at radius 1 is 1.32 bits per heavy atom. The highest BCUT2D eigenvalue weighted by molar-refractivity contribution is 9.09. The minimum Gasteiger partial charge on any atom is -0.507 e. The van der Waals surface area contributed by atoms with Crippen LogP contribution in [0, 0.1) is 0 Å². The summed E-state index contributed by atoms with van der Waals surface area (Å²) in [5, 5.41) is 11.0. The standard InChI is InChI=1S/C18H25BrO3/c1-3-18(22-12-8-6-4-5-7-11-19)15-9-10-16(14(2)20)17(21)13-15/h3,9-10,13,18,21H,1,4-8,11-12H2,2H3. The van der Waals surface area contributed by atoms with E-state index in [1.807, 2.05) is 0 Å². The van der Waals surface area contributed by atoms with Gasteiger partial charge in [0.15, 0.2) is 5.78 Å². The van der Waals surface area contributed by atoms with E-state index in [2.05, 4.69) is 22.5 Å². The molecule has 0 aromatic heterocycles. The first kappa shape index (κ1) is 18.9. The Balaban J connectivity index is 2.46. The highest BCUT2D eigenvalue weighted by atomic mass is 79.9. The number of phenols is 1. The molecular weight excluding hydrogens is 344 g/mol. The fraction of sp³-hybridized carbons (Fsp3) is 0.500. The van der Waals surface area contributed by atoms with Crippen molar-refractivity contribution in [3.05, 3.63) is 42.0 Å². The Morgan fingerprint density at radius 2 is 2.00 bits per heavy atom. The van der Waals surface area contributed by atoms with Crippen molar-refractivity contribution in [2.45, 2.75) is 45.1 Å². The summed E-state index contributed by atoms with van der Waals surface area (Å²) < 4.78 is 5.82. The smallest absolute Gasteiger partial charge is 0.163 e. The lowest BCUT2D eigenvalue weighted by molar-refractivity contribution is 0.0819. The summed E-state index contributed by atoms with van der Waals surface area (Å²) >= 11 is 3.43. The summed E-state index contributed by atoms with van der Waals surface area (Å²) in [5.41, 5.74) is 1.15. The van der Waals surface area contributed by atoms with Crippen LogP contribution in [0.25, 0.3) is 0 Å². The number of rotatable bonds is 11. The predicted molar refractivity (Wildman–Crippen MR) is 93.9 cm³/mol. The molecule has 0 aliphatic heterocycles. The maximum Gasteiger partial charge on any atom is 0.163 e. The van der Waals surface area contributed by atoms with Gasteiger partial charge >= 0.3 is 0 Å². The van der Waals surface area contributed by atoms with Gasteiger partial charge in [-0.2, -0.15) is 0 Å². The van der Waals surface area contributed by atoms with E-state index in [1.54, 1.807) is 24.3 Å². The van der Waals surface area contributed by atoms with Gasteiger partial charge in [0.25, 0.3) is 0 Å². The lowest BCUT2D eigenvalue weighted by Crippen LogP contribution is -2.04. The summed E-state index contributed by atoms with van der Waals surface area (Å²) in [7, 11) is 0. The van der Waals surface area contributed by atoms with Crippen LogP contribution in [0.4, 0.5) is 0 Å². The van der Waals surface area contributed by atoms with Crippen molar-refractivity contribution in [3.8, 4) is 5.75 Å². The molecule has 1 aromatic carbocycles. The largest absolute Gasteiger partial charge is 0.507 e. The number of ether oxygens (including phenoxy) is 1. The van der Waals surface area contributed by atoms with Crippen molar-refractivity contribution in [1.29, 1.82) is 0 Å². The van der Waals surface area contributed by atoms with Crippen LogP contribution in [0.5, 0.6) is 5.75 Å². The minimum absolute atomic E-state index is 0.00442. The third-order valence-electron chi connectivity index (χ3n) is 3.52. The van der Waals surface area contributed by atoms with E-state index in [0.717, 1.165) is 23.7 Å². The summed E-state index contributed by atoms with van der Waals surface area (Å²) in [6.07, 6.45) is 7.33. The first-order chi connectivity index (χ1) is 10.6. The number of Topliss-reactive ketones (excluding diaryl/α,β-unsaturated/α-hetero) is 1. The first-order valence-corrected chi connectivity index (χ1v) is 8.86. The molecule has 0 bridgehead atoms. The number of halogens is 1. The van der Waals surface area contributed by atoms with E-state index < -0.39 is 0 Å². The number of alkyl halides is 1. The first-order valence-electron chi connectivity index (χ1n) is 7.74. The van der Waals surface area contributed by atoms with E-state index in [-0.39, 0.29) is 17.6 Å². The van der Waals surface area contributed by atoms with Gasteiger partial charge in [0.2, 0.25) is 0 Å². The van der Waals surface area contributed by atoms with Crippen LogP contribution in [0.3, 0.4) is 0 Å². The summed E-state index contributed by atoms with van der Waals surface area (Å²) in [5.74, 6) is -0.154. The second-order valence-corrected chi connectivity index (χ2v) is 6.11. The van der Waals surface area contributed by atoms with Gasteiger partial charge in [-0.3, -0.25) is 4.79 Å². The molecule has 4 heteroatoms. The van der Waals surface area contributed by atoms with Gasteiger partial charge in [-0.1, -0.05) is 47.3 Å². The molecule has 1 N–H and O–H groups in total. The number of carbonyl (C=O) groups is 1. The van der Waals surface area contributed by atoms with Gasteiger partial charge < -0.3 is 9.84 Å². The number of hydrogen-bond acceptors (Lipinski definition) is 3. The predicted octanol–water partition coefficient (Wildman–Crippen LogP) is 5.18. The highest BCUT2D eigenvalue weighted by Crippen LogP contribution is 2.26. The highest BCUT2D eigenvalue weighted by Gasteiger charge is 2.12. The number of ketones is 1. The molecule has 0 amide bonds. The van der Waals surface area contributed by atoms with E-state index in [0.29, 0.717) is 12.2 Å². The molecule has 0 aliphatic rings. The molecule has 0 fully saturated rings. The maximum atomic E-state index is 11.3. The molecule has 0 heterocycles. The zero-order valence-electron chi connectivity index (χ0n) is 13.2. The monoisotopic (exact) mass is 368 g/mol. The topological polar surface area (TPSA) is 46.5 Å². The van der Waals surface area contributed by atoms with Gasteiger partial charge in [0.05, 0.1) is 5.56 Å². The lowest BCUT2D eigenvalue weighted by atomic mass is 10.0. The van der Waals surface area contributed by atoms with Gasteiger partial charge in [0, 0.05) is 11.9 Å². The zero-order chi connectivity index (χ0) is 16.4. The maximum absolute atomic E-state index is 11.3. The minimum atomic E-state index is -0.255. The second-order valence-electron chi connectivity index (χ2n) is 5.32. The van der Waals surface area contributed by atoms with Crippen molar-refractivity contribution in [1.82, 2.24) is 0 Å². The number of unbranched alkanes of at least 4 members (excludes halogenated alkanes) is 4. The summed E-state index contributed by atoms with van der Waals surface area (Å²) in [6, 6.07) is 5.02. The van der Waals surface area contributed by atoms with Crippen LogP contribution in [0.15, 0.2) is 30.9 Å². The molecule has 0 saturated heterocycles. The van der Waals surface area contributed by atoms with E-state index in [4.69, 9.17) is 4.74 Å². The molecule has 0 saturated carbocycles. The number of hydrogen-bond donors (Lipinski definition) is 1. The molecule has 0 aliphatic carbocycles. The molecule has 1 unspecified atom stereocenters. The number of benzene rings is 1. The molecule has 1 rings (SSSR count). The van der Waals surface area contributed by atoms with Gasteiger partial charge in [-0.05, 0) is 37.5 Å². The second kappa shape index (κ2) is 10.6. The molecule has 1 atom stereocenters. The molecule has 0 radical (unpaired) electrons. The molecular formula is C18H25BrO3. The van der Waals surface area contributed by atoms with Crippen LogP contribution in [0.1, 0.15) is 61.1 Å². The van der Waals surface area contributed by atoms with Crippen LogP contribution >= 0.6 is 15.9 Å². The third kappa shape index (κ3) is 6.32. The number of carbonyl (C=O) groups excluding carboxylic acids is 1. The van der Waals surface area contributed by atoms with Crippen LogP contribution in [-0.4, -0.2) is 22.8 Å². The number of aromatic hydroxyl groups is 1. The van der Waals surface area contributed by atoms with Crippen molar-refractivity contribution in [3.63, 3.8) is 0 Å². The van der Waals surface area contributed by atoms with Gasteiger partial charge in [-0.25, -0.2) is 0 Å². The summed E-state index contributed by atoms with van der Waals surface area (Å²) in [4.78, 5) is 11.3. The van der Waals surface area contributed by atoms with Crippen LogP contribution in [-0.2, 0) is 4.74 Å². The average molecular weight is 369 g/mol. The van der Waals surface area contributed by atoms with Crippen molar-refractivity contribution >= 4 is 21.7 Å². The normalized spacial score (nSPS) is 12.1. The van der Waals surface area contributed by atoms with E-state index in [9.17, 15) is 9.90 Å². The number of phenolic OH excluding ortho intramolecular Hbond substituents is 1. The fourth-order valence-electron chi connectivity index (χ4n) is 2.26. The van der Waals surface area contributed by atoms with Crippen molar-refractivity contribution < 1.29 is 14.6 Å². The third-order valence-corrected chi connectivity index (χ3v) is 4.08. The Hall–Kier alpha value is -1.13. The van der Waals surface area contributed by atoms with Crippen LogP contribution < -0.4 is 0 Å². The SMILES string of the molecule is C=CC(OCCCCCCCBr)c1ccc(C(C)=O)c(O)c1. The molecule has 122 valence electrons. The van der Waals surface area contributed by atoms with Crippen molar-refractivity contribution in [2.75, 3.05) is 11.9 Å². The molecule has 22 heavy (non-hydrogen) atoms. The average Bonchev–Trinajstić information content (AvgIpc) is 2.49. The van der Waals surface area contributed by atoms with Crippen LogP contribution in [0.2, 0.25) is 0 Å². The molecule has 0 spiro atoms. The molecule has 3 nitrogen and oxygen atoms in total. The lowest BCUT2D eigenvalue weighted by Gasteiger charge is -2.15. The Kier molecular flexibility index (Phi) is 9.09. The Morgan fingerprint density at radius 3 is 2.59 bits per heavy atom. The van der Waals surface area contributed by atoms with Gasteiger partial charge in [-0.15, -0.1) is 6.58 Å². The van der Waals surface area contributed by atoms with Crippen molar-refractivity contribution in [2.24, 2.45) is 0 Å². The molecule has 1 aromatic rings. The Labute approximate surface area is 141 Å². The van der Waals surface area contributed by atoms with E-state index in [1.165, 1.54) is 26.2 Å². The Bertz CT molecular complexity index is 485. The van der Waals surface area contributed by atoms with E-state index >= 15 is 0 Å². The quantitative estimate of drug-likeness (QED) is 0.253. The van der Waals surface area contributed by atoms with Gasteiger partial charge in [0.1, 0.15) is 11.9 Å².